The van der Waals surface area contributed by atoms with Crippen LogP contribution in [0.4, 0.5) is 0 Å². The number of hydrogen-bond donors (Lipinski definition) is 1. The summed E-state index contributed by atoms with van der Waals surface area (Å²) in [6.45, 7) is 0.927. The van der Waals surface area contributed by atoms with E-state index in [1.807, 2.05) is 7.05 Å². The number of rotatable bonds is 4. The molecule has 0 radical (unpaired) electrons. The van der Waals surface area contributed by atoms with Gasteiger partial charge in [-0.05, 0) is 32.0 Å². The summed E-state index contributed by atoms with van der Waals surface area (Å²) < 4.78 is 32.6. The minimum atomic E-state index is -3.67. The number of fused-ring (bicyclic) bond motifs is 1. The van der Waals surface area contributed by atoms with Crippen molar-refractivity contribution < 1.29 is 17.9 Å². The maximum absolute atomic E-state index is 13.2. The van der Waals surface area contributed by atoms with Gasteiger partial charge in [0.05, 0.1) is 12.0 Å². The second kappa shape index (κ2) is 7.07. The Morgan fingerprint density at radius 2 is 2.12 bits per heavy atom. The maximum atomic E-state index is 13.2. The van der Waals surface area contributed by atoms with Crippen molar-refractivity contribution in [3.05, 3.63) is 36.2 Å². The highest BCUT2D eigenvalue weighted by Crippen LogP contribution is 2.29. The fourth-order valence-electron chi connectivity index (χ4n) is 3.20. The molecule has 2 heterocycles. The van der Waals surface area contributed by atoms with Gasteiger partial charge in [-0.2, -0.15) is 4.31 Å². The fraction of sp³-hybridized carbons (Fsp3) is 0.412. The average Bonchev–Trinajstić information content (AvgIpc) is 2.66. The number of carbonyl (C=O) groups is 1. The van der Waals surface area contributed by atoms with E-state index >= 15 is 0 Å². The number of likely N-dealkylation sites (N-methyl/N-ethyl adjacent to an activating group) is 1. The molecule has 0 amide bonds. The number of esters is 1. The Labute approximate surface area is 147 Å². The van der Waals surface area contributed by atoms with Crippen LogP contribution < -0.4 is 5.32 Å². The molecule has 1 unspecified atom stereocenters. The van der Waals surface area contributed by atoms with Crippen molar-refractivity contribution in [2.45, 2.75) is 23.8 Å². The molecule has 1 aliphatic heterocycles. The molecule has 134 valence electrons. The zero-order valence-electron chi connectivity index (χ0n) is 14.2. The van der Waals surface area contributed by atoms with Crippen LogP contribution in [0.25, 0.3) is 10.8 Å². The Morgan fingerprint density at radius 3 is 2.84 bits per heavy atom. The second-order valence-corrected chi connectivity index (χ2v) is 7.90. The molecule has 0 spiro atoms. The van der Waals surface area contributed by atoms with E-state index in [2.05, 4.69) is 10.3 Å². The summed E-state index contributed by atoms with van der Waals surface area (Å²) >= 11 is 0. The highest BCUT2D eigenvalue weighted by atomic mass is 32.2. The second-order valence-electron chi connectivity index (χ2n) is 5.99. The molecule has 0 saturated carbocycles. The summed E-state index contributed by atoms with van der Waals surface area (Å²) in [5, 5.41) is 4.10. The third-order valence-corrected chi connectivity index (χ3v) is 6.48. The molecule has 0 bridgehead atoms. The first-order valence-electron chi connectivity index (χ1n) is 8.12. The number of nitrogens with zero attached hydrogens (tertiary/aromatic N) is 2. The first-order chi connectivity index (χ1) is 12.0. The topological polar surface area (TPSA) is 88.6 Å². The van der Waals surface area contributed by atoms with Crippen molar-refractivity contribution in [3.63, 3.8) is 0 Å². The van der Waals surface area contributed by atoms with Crippen LogP contribution in [0.5, 0.6) is 0 Å². The van der Waals surface area contributed by atoms with Crippen molar-refractivity contribution in [3.8, 4) is 0 Å². The van der Waals surface area contributed by atoms with E-state index in [0.717, 1.165) is 12.8 Å². The molecular weight excluding hydrogens is 342 g/mol. The highest BCUT2D eigenvalue weighted by Gasteiger charge is 2.31. The Kier molecular flexibility index (Phi) is 5.03. The van der Waals surface area contributed by atoms with Gasteiger partial charge in [0.15, 0.2) is 5.69 Å². The van der Waals surface area contributed by atoms with Crippen LogP contribution >= 0.6 is 0 Å². The van der Waals surface area contributed by atoms with Crippen molar-refractivity contribution in [1.82, 2.24) is 14.6 Å². The maximum Gasteiger partial charge on any atom is 0.357 e. The number of ether oxygens (including phenoxy) is 1. The van der Waals surface area contributed by atoms with Gasteiger partial charge in [0, 0.05) is 36.1 Å². The largest absolute Gasteiger partial charge is 0.464 e. The van der Waals surface area contributed by atoms with Gasteiger partial charge in [0.2, 0.25) is 10.0 Å². The lowest BCUT2D eigenvalue weighted by molar-refractivity contribution is 0.0596. The first kappa shape index (κ1) is 17.8. The lowest BCUT2D eigenvalue weighted by Crippen LogP contribution is -2.46. The van der Waals surface area contributed by atoms with Crippen LogP contribution in [-0.4, -0.2) is 57.0 Å². The minimum absolute atomic E-state index is 0.115. The molecule has 3 rings (SSSR count). The highest BCUT2D eigenvalue weighted by molar-refractivity contribution is 7.89. The third kappa shape index (κ3) is 3.24. The summed E-state index contributed by atoms with van der Waals surface area (Å²) in [7, 11) is -0.554. The van der Waals surface area contributed by atoms with E-state index in [1.54, 1.807) is 24.3 Å². The quantitative estimate of drug-likeness (QED) is 0.826. The molecule has 7 nitrogen and oxygen atoms in total. The van der Waals surface area contributed by atoms with Gasteiger partial charge < -0.3 is 10.1 Å². The smallest absolute Gasteiger partial charge is 0.357 e. The van der Waals surface area contributed by atoms with Gasteiger partial charge >= 0.3 is 5.97 Å². The van der Waals surface area contributed by atoms with E-state index in [0.29, 0.717) is 23.9 Å². The van der Waals surface area contributed by atoms with Crippen LogP contribution in [-0.2, 0) is 14.8 Å². The molecule has 25 heavy (non-hydrogen) atoms. The van der Waals surface area contributed by atoms with Crippen molar-refractivity contribution in [1.29, 1.82) is 0 Å². The lowest BCUT2D eigenvalue weighted by Gasteiger charge is -2.32. The number of pyridine rings is 1. The number of benzene rings is 1. The van der Waals surface area contributed by atoms with Crippen molar-refractivity contribution >= 4 is 26.8 Å². The van der Waals surface area contributed by atoms with Gasteiger partial charge in [0.1, 0.15) is 0 Å². The SMILES string of the molecule is CNC1CCCN(S(=O)(=O)c2cccc3c(C(=O)OC)nccc23)C1. The lowest BCUT2D eigenvalue weighted by atomic mass is 10.1. The van der Waals surface area contributed by atoms with E-state index in [4.69, 9.17) is 4.74 Å². The molecule has 8 heteroatoms. The van der Waals surface area contributed by atoms with Crippen LogP contribution in [0.1, 0.15) is 23.3 Å². The molecule has 1 fully saturated rings. The normalized spacial score (nSPS) is 19.0. The summed E-state index contributed by atoms with van der Waals surface area (Å²) in [4.78, 5) is 16.2. The first-order valence-corrected chi connectivity index (χ1v) is 9.56. The van der Waals surface area contributed by atoms with E-state index in [-0.39, 0.29) is 16.6 Å². The molecule has 1 aliphatic rings. The minimum Gasteiger partial charge on any atom is -0.464 e. The number of hydrogen-bond acceptors (Lipinski definition) is 6. The molecule has 1 aromatic carbocycles. The number of sulfonamides is 1. The van der Waals surface area contributed by atoms with Crippen LogP contribution in [0.15, 0.2) is 35.4 Å². The Bertz CT molecular complexity index is 898. The Morgan fingerprint density at radius 1 is 1.32 bits per heavy atom. The van der Waals surface area contributed by atoms with Crippen molar-refractivity contribution in [2.24, 2.45) is 0 Å². The van der Waals surface area contributed by atoms with Gasteiger partial charge in [0.25, 0.3) is 0 Å². The molecule has 1 atom stereocenters. The summed E-state index contributed by atoms with van der Waals surface area (Å²) in [5.41, 5.74) is 0.115. The number of carbonyl (C=O) groups excluding carboxylic acids is 1. The van der Waals surface area contributed by atoms with E-state index < -0.39 is 16.0 Å². The molecule has 0 aliphatic carbocycles. The number of piperidine rings is 1. The summed E-state index contributed by atoms with van der Waals surface area (Å²) in [6, 6.07) is 6.64. The number of nitrogens with one attached hydrogen (secondary N) is 1. The van der Waals surface area contributed by atoms with Crippen LogP contribution in [0.2, 0.25) is 0 Å². The van der Waals surface area contributed by atoms with E-state index in [1.165, 1.54) is 17.6 Å². The fourth-order valence-corrected chi connectivity index (χ4v) is 4.93. The summed E-state index contributed by atoms with van der Waals surface area (Å²) in [6.07, 6.45) is 3.19. The van der Waals surface area contributed by atoms with Gasteiger partial charge in [-0.25, -0.2) is 18.2 Å². The van der Waals surface area contributed by atoms with Gasteiger partial charge in [-0.15, -0.1) is 0 Å². The van der Waals surface area contributed by atoms with Crippen molar-refractivity contribution in [2.75, 3.05) is 27.2 Å². The monoisotopic (exact) mass is 363 g/mol. The Hall–Kier alpha value is -2.03. The standard InChI is InChI=1S/C17H21N3O4S/c1-18-12-5-4-10-20(11-12)25(22,23)15-7-3-6-14-13(15)8-9-19-16(14)17(21)24-2/h3,6-9,12,18H,4-5,10-11H2,1-2H3. The molecule has 1 saturated heterocycles. The average molecular weight is 363 g/mol. The van der Waals surface area contributed by atoms with Crippen LogP contribution in [0.3, 0.4) is 0 Å². The number of methoxy groups -OCH3 is 1. The van der Waals surface area contributed by atoms with Gasteiger partial charge in [-0.1, -0.05) is 12.1 Å². The Balaban J connectivity index is 2.10. The van der Waals surface area contributed by atoms with Crippen LogP contribution in [0, 0.1) is 0 Å². The zero-order chi connectivity index (χ0) is 18.0. The summed E-state index contributed by atoms with van der Waals surface area (Å²) in [5.74, 6) is -0.589. The molecular formula is C17H21N3O4S. The third-order valence-electron chi connectivity index (χ3n) is 4.56. The number of aromatic nitrogens is 1. The molecule has 2 aromatic rings. The van der Waals surface area contributed by atoms with E-state index in [9.17, 15) is 13.2 Å². The predicted molar refractivity (Wildman–Crippen MR) is 93.9 cm³/mol. The zero-order valence-corrected chi connectivity index (χ0v) is 15.0. The van der Waals surface area contributed by atoms with Gasteiger partial charge in [-0.3, -0.25) is 0 Å². The molecule has 1 N–H and O–H groups in total. The molecule has 1 aromatic heterocycles. The predicted octanol–water partition coefficient (Wildman–Crippen LogP) is 1.39.